The number of nitrogens with zero attached hydrogens (tertiary/aromatic N) is 1. The number of esters is 1. The van der Waals surface area contributed by atoms with Crippen molar-refractivity contribution >= 4 is 40.2 Å². The lowest BCUT2D eigenvalue weighted by Crippen LogP contribution is -2.50. The summed E-state index contributed by atoms with van der Waals surface area (Å²) < 4.78 is 5.72. The van der Waals surface area contributed by atoms with Gasteiger partial charge in [0.15, 0.2) is 0 Å². The van der Waals surface area contributed by atoms with Gasteiger partial charge in [0.25, 0.3) is 5.91 Å². The van der Waals surface area contributed by atoms with E-state index in [9.17, 15) is 24.3 Å². The van der Waals surface area contributed by atoms with Crippen molar-refractivity contribution < 1.29 is 29.0 Å². The van der Waals surface area contributed by atoms with Crippen LogP contribution in [0.25, 0.3) is 10.8 Å². The molecule has 3 aromatic rings. The second kappa shape index (κ2) is 15.5. The molecular formula is C36H41N3O6. The molecule has 0 radical (unpaired) electrons. The van der Waals surface area contributed by atoms with E-state index in [0.29, 0.717) is 37.9 Å². The summed E-state index contributed by atoms with van der Waals surface area (Å²) in [7, 11) is 0. The number of hydrogen-bond donors (Lipinski definition) is 3. The Labute approximate surface area is 263 Å². The zero-order chi connectivity index (χ0) is 31.6. The summed E-state index contributed by atoms with van der Waals surface area (Å²) in [5, 5.41) is 17.3. The monoisotopic (exact) mass is 611 g/mol. The van der Waals surface area contributed by atoms with Crippen molar-refractivity contribution in [1.82, 2.24) is 10.2 Å². The van der Waals surface area contributed by atoms with Crippen LogP contribution in [-0.4, -0.2) is 65.5 Å². The first kappa shape index (κ1) is 31.9. The van der Waals surface area contributed by atoms with Crippen LogP contribution in [0.4, 0.5) is 5.69 Å². The summed E-state index contributed by atoms with van der Waals surface area (Å²) in [6, 6.07) is 21.6. The molecule has 0 aliphatic carbocycles. The quantitative estimate of drug-likeness (QED) is 0.269. The standard InChI is InChI=1S/C36H41N3O6/c40-23-31-16-9-19-39(31)33(41)22-28-14-5-2-6-15-29(20-25-10-3-1-4-11-25)36(44)45-24-32(38-34(28)42)35(43)37-30-18-17-26-12-7-8-13-27(26)21-30/h1-5,7-8,10-13,17-18,21,28-29,31-32,40H,6,9,14-16,19-20,22-24H2,(H,37,43)(H,38,42)/t28-,29-,31+,32+/m1/s1. The van der Waals surface area contributed by atoms with Crippen molar-refractivity contribution in [2.45, 2.75) is 57.0 Å². The Balaban J connectivity index is 1.36. The Morgan fingerprint density at radius 3 is 2.51 bits per heavy atom. The lowest BCUT2D eigenvalue weighted by atomic mass is 9.94. The van der Waals surface area contributed by atoms with Gasteiger partial charge in [-0.25, -0.2) is 0 Å². The molecule has 2 aliphatic heterocycles. The number of rotatable bonds is 7. The summed E-state index contributed by atoms with van der Waals surface area (Å²) in [5.41, 5.74) is 1.55. The van der Waals surface area contributed by atoms with Crippen LogP contribution in [0.1, 0.15) is 44.1 Å². The molecule has 0 saturated carbocycles. The van der Waals surface area contributed by atoms with E-state index >= 15 is 0 Å². The van der Waals surface area contributed by atoms with Gasteiger partial charge in [0.2, 0.25) is 11.8 Å². The third kappa shape index (κ3) is 8.57. The Morgan fingerprint density at radius 1 is 0.933 bits per heavy atom. The van der Waals surface area contributed by atoms with Crippen molar-refractivity contribution in [3.8, 4) is 0 Å². The van der Waals surface area contributed by atoms with E-state index in [4.69, 9.17) is 4.74 Å². The van der Waals surface area contributed by atoms with E-state index in [1.165, 1.54) is 0 Å². The number of carbonyl (C=O) groups is 4. The average molecular weight is 612 g/mol. The average Bonchev–Trinajstić information content (AvgIpc) is 3.54. The minimum atomic E-state index is -1.18. The molecule has 3 N–H and O–H groups in total. The molecule has 4 atom stereocenters. The molecule has 3 aromatic carbocycles. The molecule has 0 aromatic heterocycles. The third-order valence-corrected chi connectivity index (χ3v) is 8.67. The van der Waals surface area contributed by atoms with E-state index < -0.39 is 35.7 Å². The number of hydrogen-bond acceptors (Lipinski definition) is 6. The van der Waals surface area contributed by atoms with Crippen LogP contribution in [0.15, 0.2) is 84.9 Å². The van der Waals surface area contributed by atoms with E-state index in [2.05, 4.69) is 10.6 Å². The molecule has 1 saturated heterocycles. The fourth-order valence-corrected chi connectivity index (χ4v) is 6.09. The van der Waals surface area contributed by atoms with Crippen LogP contribution in [0.3, 0.4) is 0 Å². The maximum Gasteiger partial charge on any atom is 0.309 e. The number of allylic oxidation sites excluding steroid dienone is 2. The summed E-state index contributed by atoms with van der Waals surface area (Å²) >= 11 is 0. The van der Waals surface area contributed by atoms with E-state index in [1.54, 1.807) is 11.0 Å². The highest BCUT2D eigenvalue weighted by Crippen LogP contribution is 2.23. The maximum absolute atomic E-state index is 13.7. The molecule has 1 fully saturated rings. The van der Waals surface area contributed by atoms with Gasteiger partial charge in [-0.3, -0.25) is 19.2 Å². The molecule has 0 bridgehead atoms. The van der Waals surface area contributed by atoms with Gasteiger partial charge in [0.05, 0.1) is 24.5 Å². The fraction of sp³-hybridized carbons (Fsp3) is 0.389. The number of aliphatic hydroxyl groups excluding tert-OH is 1. The van der Waals surface area contributed by atoms with Crippen LogP contribution in [0.5, 0.6) is 0 Å². The molecule has 3 amide bonds. The van der Waals surface area contributed by atoms with Gasteiger partial charge in [-0.1, -0.05) is 72.8 Å². The van der Waals surface area contributed by atoms with Crippen LogP contribution < -0.4 is 10.6 Å². The molecule has 9 heteroatoms. The molecule has 0 unspecified atom stereocenters. The van der Waals surface area contributed by atoms with E-state index in [0.717, 1.165) is 29.2 Å². The van der Waals surface area contributed by atoms with Crippen LogP contribution in [0, 0.1) is 11.8 Å². The SMILES string of the molecule is O=C1N[C@H](C(=O)Nc2ccc3ccccc3c2)COC(=O)[C@@H](Cc2ccccc2)CCC=CC[C@@H]1CC(=O)N1CCC[C@H]1CO. The highest BCUT2D eigenvalue weighted by molar-refractivity contribution is 5.99. The van der Waals surface area contributed by atoms with Gasteiger partial charge >= 0.3 is 5.97 Å². The first-order valence-electron chi connectivity index (χ1n) is 15.8. The Bertz CT molecular complexity index is 1520. The van der Waals surface area contributed by atoms with Crippen molar-refractivity contribution in [3.05, 3.63) is 90.5 Å². The number of cyclic esters (lactones) is 1. The fourth-order valence-electron chi connectivity index (χ4n) is 6.09. The number of nitrogens with one attached hydrogen (secondary N) is 2. The molecule has 0 spiro atoms. The lowest BCUT2D eigenvalue weighted by Gasteiger charge is -2.26. The largest absolute Gasteiger partial charge is 0.463 e. The first-order valence-corrected chi connectivity index (χ1v) is 15.8. The number of benzene rings is 3. The minimum Gasteiger partial charge on any atom is -0.463 e. The normalized spacial score (nSPS) is 22.9. The number of fused-ring (bicyclic) bond motifs is 1. The molecule has 2 aliphatic rings. The Hall–Kier alpha value is -4.50. The third-order valence-electron chi connectivity index (χ3n) is 8.67. The predicted molar refractivity (Wildman–Crippen MR) is 172 cm³/mol. The van der Waals surface area contributed by atoms with Gasteiger partial charge in [-0.15, -0.1) is 0 Å². The summed E-state index contributed by atoms with van der Waals surface area (Å²) in [5.74, 6) is -2.79. The molecular weight excluding hydrogens is 570 g/mol. The topological polar surface area (TPSA) is 125 Å². The zero-order valence-corrected chi connectivity index (χ0v) is 25.4. The van der Waals surface area contributed by atoms with Crippen molar-refractivity contribution in [2.75, 3.05) is 25.1 Å². The van der Waals surface area contributed by atoms with Gasteiger partial charge in [-0.05, 0) is 67.0 Å². The molecule has 236 valence electrons. The molecule has 45 heavy (non-hydrogen) atoms. The smallest absolute Gasteiger partial charge is 0.309 e. The van der Waals surface area contributed by atoms with Gasteiger partial charge in [0, 0.05) is 18.7 Å². The molecule has 9 nitrogen and oxygen atoms in total. The number of anilines is 1. The van der Waals surface area contributed by atoms with E-state index in [-0.39, 0.29) is 31.6 Å². The van der Waals surface area contributed by atoms with Crippen LogP contribution >= 0.6 is 0 Å². The highest BCUT2D eigenvalue weighted by Gasteiger charge is 2.33. The number of aliphatic hydroxyl groups is 1. The minimum absolute atomic E-state index is 0.0535. The Morgan fingerprint density at radius 2 is 1.71 bits per heavy atom. The van der Waals surface area contributed by atoms with Crippen molar-refractivity contribution in [2.24, 2.45) is 11.8 Å². The number of amides is 3. The second-order valence-corrected chi connectivity index (χ2v) is 11.9. The lowest BCUT2D eigenvalue weighted by molar-refractivity contribution is -0.150. The maximum atomic E-state index is 13.7. The highest BCUT2D eigenvalue weighted by atomic mass is 16.5. The van der Waals surface area contributed by atoms with Gasteiger partial charge in [-0.2, -0.15) is 0 Å². The second-order valence-electron chi connectivity index (χ2n) is 11.9. The molecule has 2 heterocycles. The van der Waals surface area contributed by atoms with Gasteiger partial charge < -0.3 is 25.4 Å². The summed E-state index contributed by atoms with van der Waals surface area (Å²) in [6.45, 7) is 0.0842. The summed E-state index contributed by atoms with van der Waals surface area (Å²) in [6.07, 6.45) is 7.21. The number of carbonyl (C=O) groups excluding carboxylic acids is 4. The molecule has 5 rings (SSSR count). The predicted octanol–water partition coefficient (Wildman–Crippen LogP) is 4.39. The number of likely N-dealkylation sites (tertiary alicyclic amines) is 1. The van der Waals surface area contributed by atoms with Gasteiger partial charge in [0.1, 0.15) is 12.6 Å². The van der Waals surface area contributed by atoms with E-state index in [1.807, 2.05) is 78.9 Å². The van der Waals surface area contributed by atoms with Crippen LogP contribution in [0.2, 0.25) is 0 Å². The number of ether oxygens (including phenoxy) is 1. The van der Waals surface area contributed by atoms with Crippen molar-refractivity contribution in [3.63, 3.8) is 0 Å². The van der Waals surface area contributed by atoms with Crippen molar-refractivity contribution in [1.29, 1.82) is 0 Å². The summed E-state index contributed by atoms with van der Waals surface area (Å²) in [4.78, 5) is 55.5. The Kier molecular flexibility index (Phi) is 11.0. The first-order chi connectivity index (χ1) is 21.9. The van der Waals surface area contributed by atoms with Crippen LogP contribution in [-0.2, 0) is 30.3 Å². The zero-order valence-electron chi connectivity index (χ0n) is 25.4.